The fraction of sp³-hybridized carbons (Fsp3) is 0.588. The van der Waals surface area contributed by atoms with E-state index in [4.69, 9.17) is 10.5 Å². The Balaban J connectivity index is 0.00000242. The SMILES string of the molecule is Cc1cccc(C)c1OCCN=C(N)NC1CCCCC1.I. The molecule has 1 aromatic carbocycles. The molecule has 1 aliphatic rings. The molecule has 0 atom stereocenters. The van der Waals surface area contributed by atoms with Crippen molar-refractivity contribution in [2.45, 2.75) is 52.0 Å². The lowest BCUT2D eigenvalue weighted by atomic mass is 9.96. The highest BCUT2D eigenvalue weighted by Gasteiger charge is 2.13. The van der Waals surface area contributed by atoms with Crippen molar-refractivity contribution in [2.75, 3.05) is 13.2 Å². The Kier molecular flexibility index (Phi) is 8.60. The Morgan fingerprint density at radius 1 is 1.23 bits per heavy atom. The van der Waals surface area contributed by atoms with Crippen LogP contribution in [0.15, 0.2) is 23.2 Å². The van der Waals surface area contributed by atoms with Crippen molar-refractivity contribution >= 4 is 29.9 Å². The number of nitrogens with two attached hydrogens (primary N) is 1. The highest BCUT2D eigenvalue weighted by Crippen LogP contribution is 2.22. The monoisotopic (exact) mass is 417 g/mol. The van der Waals surface area contributed by atoms with Crippen LogP contribution in [0, 0.1) is 13.8 Å². The van der Waals surface area contributed by atoms with Gasteiger partial charge in [-0.2, -0.15) is 0 Å². The van der Waals surface area contributed by atoms with Crippen molar-refractivity contribution in [2.24, 2.45) is 10.7 Å². The lowest BCUT2D eigenvalue weighted by Crippen LogP contribution is -2.41. The molecule has 124 valence electrons. The second-order valence-corrected chi connectivity index (χ2v) is 5.82. The van der Waals surface area contributed by atoms with Crippen molar-refractivity contribution in [3.05, 3.63) is 29.3 Å². The van der Waals surface area contributed by atoms with Crippen molar-refractivity contribution in [1.82, 2.24) is 5.32 Å². The van der Waals surface area contributed by atoms with E-state index in [2.05, 4.69) is 36.3 Å². The van der Waals surface area contributed by atoms with Gasteiger partial charge in [-0.15, -0.1) is 24.0 Å². The Morgan fingerprint density at radius 2 is 1.86 bits per heavy atom. The summed E-state index contributed by atoms with van der Waals surface area (Å²) < 4.78 is 5.82. The van der Waals surface area contributed by atoms with Crippen molar-refractivity contribution in [1.29, 1.82) is 0 Å². The quantitative estimate of drug-likeness (QED) is 0.334. The van der Waals surface area contributed by atoms with E-state index in [0.717, 1.165) is 16.9 Å². The molecule has 22 heavy (non-hydrogen) atoms. The van der Waals surface area contributed by atoms with E-state index < -0.39 is 0 Å². The second kappa shape index (κ2) is 9.92. The molecule has 1 fully saturated rings. The lowest BCUT2D eigenvalue weighted by Gasteiger charge is -2.23. The first-order valence-corrected chi connectivity index (χ1v) is 7.92. The minimum absolute atomic E-state index is 0. The first-order valence-electron chi connectivity index (χ1n) is 7.92. The van der Waals surface area contributed by atoms with E-state index in [0.29, 0.717) is 25.2 Å². The van der Waals surface area contributed by atoms with Gasteiger partial charge < -0.3 is 15.8 Å². The number of guanidine groups is 1. The molecule has 0 unspecified atom stereocenters. The number of hydrogen-bond donors (Lipinski definition) is 2. The second-order valence-electron chi connectivity index (χ2n) is 5.82. The number of para-hydroxylation sites is 1. The topological polar surface area (TPSA) is 59.6 Å². The molecule has 5 heteroatoms. The summed E-state index contributed by atoms with van der Waals surface area (Å²) in [5.74, 6) is 1.51. The number of hydrogen-bond acceptors (Lipinski definition) is 2. The molecule has 0 heterocycles. The summed E-state index contributed by atoms with van der Waals surface area (Å²) >= 11 is 0. The zero-order valence-electron chi connectivity index (χ0n) is 13.6. The fourth-order valence-electron chi connectivity index (χ4n) is 2.84. The summed E-state index contributed by atoms with van der Waals surface area (Å²) in [6, 6.07) is 6.67. The standard InChI is InChI=1S/C17H27N3O.HI/c1-13-7-6-8-14(2)16(13)21-12-11-19-17(18)20-15-9-4-3-5-10-15;/h6-8,15H,3-5,9-12H2,1-2H3,(H3,18,19,20);1H. The summed E-state index contributed by atoms with van der Waals surface area (Å²) in [4.78, 5) is 4.35. The van der Waals surface area contributed by atoms with Crippen LogP contribution in [0.5, 0.6) is 5.75 Å². The van der Waals surface area contributed by atoms with Crippen LogP contribution in [-0.2, 0) is 0 Å². The molecule has 0 spiro atoms. The summed E-state index contributed by atoms with van der Waals surface area (Å²) in [6.45, 7) is 5.26. The zero-order valence-corrected chi connectivity index (χ0v) is 15.9. The minimum Gasteiger partial charge on any atom is -0.491 e. The molecule has 0 radical (unpaired) electrons. The van der Waals surface area contributed by atoms with Crippen LogP contribution >= 0.6 is 24.0 Å². The van der Waals surface area contributed by atoms with Crippen LogP contribution in [0.4, 0.5) is 0 Å². The van der Waals surface area contributed by atoms with E-state index in [-0.39, 0.29) is 24.0 Å². The van der Waals surface area contributed by atoms with E-state index in [9.17, 15) is 0 Å². The number of benzene rings is 1. The van der Waals surface area contributed by atoms with E-state index >= 15 is 0 Å². The van der Waals surface area contributed by atoms with Crippen molar-refractivity contribution in [3.63, 3.8) is 0 Å². The molecule has 0 bridgehead atoms. The first-order chi connectivity index (χ1) is 10.2. The van der Waals surface area contributed by atoms with Gasteiger partial charge in [-0.25, -0.2) is 4.99 Å². The maximum atomic E-state index is 5.93. The maximum Gasteiger partial charge on any atom is 0.188 e. The summed E-state index contributed by atoms with van der Waals surface area (Å²) in [5.41, 5.74) is 8.25. The predicted molar refractivity (Wildman–Crippen MR) is 103 cm³/mol. The fourth-order valence-corrected chi connectivity index (χ4v) is 2.84. The maximum absolute atomic E-state index is 5.93. The van der Waals surface area contributed by atoms with Gasteiger partial charge in [-0.3, -0.25) is 0 Å². The highest BCUT2D eigenvalue weighted by atomic mass is 127. The van der Waals surface area contributed by atoms with Gasteiger partial charge in [0, 0.05) is 6.04 Å². The summed E-state index contributed by atoms with van der Waals surface area (Å²) in [5, 5.41) is 3.31. The Morgan fingerprint density at radius 3 is 2.50 bits per heavy atom. The van der Waals surface area contributed by atoms with Crippen molar-refractivity contribution < 1.29 is 4.74 Å². The number of rotatable bonds is 5. The van der Waals surface area contributed by atoms with E-state index in [1.165, 1.54) is 32.1 Å². The third-order valence-electron chi connectivity index (χ3n) is 3.99. The van der Waals surface area contributed by atoms with E-state index in [1.54, 1.807) is 0 Å². The number of aliphatic imine (C=N–C) groups is 1. The summed E-state index contributed by atoms with van der Waals surface area (Å²) in [7, 11) is 0. The van der Waals surface area contributed by atoms with Gasteiger partial charge in [-0.05, 0) is 37.8 Å². The van der Waals surface area contributed by atoms with Crippen molar-refractivity contribution in [3.8, 4) is 5.75 Å². The number of ether oxygens (including phenoxy) is 1. The van der Waals surface area contributed by atoms with Gasteiger partial charge in [0.2, 0.25) is 0 Å². The van der Waals surface area contributed by atoms with Gasteiger partial charge in [0.25, 0.3) is 0 Å². The molecule has 0 aromatic heterocycles. The van der Waals surface area contributed by atoms with Crippen LogP contribution in [-0.4, -0.2) is 25.2 Å². The normalized spacial score (nSPS) is 16.0. The molecular weight excluding hydrogens is 389 g/mol. The molecule has 1 saturated carbocycles. The third kappa shape index (κ3) is 6.02. The average molecular weight is 417 g/mol. The number of nitrogens with one attached hydrogen (secondary N) is 1. The van der Waals surface area contributed by atoms with Gasteiger partial charge >= 0.3 is 0 Å². The Labute approximate surface area is 150 Å². The zero-order chi connectivity index (χ0) is 15.1. The van der Waals surface area contributed by atoms with Crippen LogP contribution < -0.4 is 15.8 Å². The third-order valence-corrected chi connectivity index (χ3v) is 3.99. The smallest absolute Gasteiger partial charge is 0.188 e. The molecule has 1 aliphatic carbocycles. The summed E-state index contributed by atoms with van der Waals surface area (Å²) in [6.07, 6.45) is 6.34. The molecule has 3 N–H and O–H groups in total. The average Bonchev–Trinajstić information content (AvgIpc) is 2.47. The number of aryl methyl sites for hydroxylation is 2. The molecule has 1 aromatic rings. The van der Waals surface area contributed by atoms with Gasteiger partial charge in [0.15, 0.2) is 5.96 Å². The Hall–Kier alpha value is -0.980. The molecule has 0 saturated heterocycles. The number of halogens is 1. The van der Waals surface area contributed by atoms with Gasteiger partial charge in [0.1, 0.15) is 12.4 Å². The van der Waals surface area contributed by atoms with Crippen LogP contribution in [0.25, 0.3) is 0 Å². The minimum atomic E-state index is 0. The van der Waals surface area contributed by atoms with Gasteiger partial charge in [0.05, 0.1) is 6.54 Å². The molecular formula is C17H28IN3O. The largest absolute Gasteiger partial charge is 0.491 e. The first kappa shape index (κ1) is 19.1. The highest BCUT2D eigenvalue weighted by molar-refractivity contribution is 14.0. The number of nitrogens with zero attached hydrogens (tertiary/aromatic N) is 1. The lowest BCUT2D eigenvalue weighted by molar-refractivity contribution is 0.324. The van der Waals surface area contributed by atoms with Crippen LogP contribution in [0.3, 0.4) is 0 Å². The van der Waals surface area contributed by atoms with Crippen LogP contribution in [0.1, 0.15) is 43.2 Å². The molecule has 4 nitrogen and oxygen atoms in total. The predicted octanol–water partition coefficient (Wildman–Crippen LogP) is 3.54. The molecule has 2 rings (SSSR count). The van der Waals surface area contributed by atoms with E-state index in [1.807, 2.05) is 6.07 Å². The van der Waals surface area contributed by atoms with Gasteiger partial charge in [-0.1, -0.05) is 37.5 Å². The van der Waals surface area contributed by atoms with Crippen LogP contribution in [0.2, 0.25) is 0 Å². The molecule has 0 aliphatic heterocycles. The Bertz CT molecular complexity index is 465. The molecule has 0 amide bonds.